The summed E-state index contributed by atoms with van der Waals surface area (Å²) in [4.78, 5) is 12.7. The molecule has 0 heterocycles. The standard InChI is InChI=1S/C29H33BrO3/c1-2-3-4-5-6-9-22-32-27-20-16-25(17-21-27)29(31)33-28-11-8-7-10-24(28)15-12-23-13-18-26(30)19-14-23/h7-8,10-11,13-14,16-21H,2-6,9,12,15,22H2,1H3. The molecule has 0 unspecified atom stereocenters. The van der Waals surface area contributed by atoms with Crippen LogP contribution in [0.2, 0.25) is 0 Å². The van der Waals surface area contributed by atoms with Crippen molar-refractivity contribution in [3.8, 4) is 11.5 Å². The molecule has 0 saturated heterocycles. The summed E-state index contributed by atoms with van der Waals surface area (Å²) in [5.41, 5.74) is 2.79. The number of rotatable bonds is 13. The second-order valence-electron chi connectivity index (χ2n) is 8.26. The van der Waals surface area contributed by atoms with Gasteiger partial charge in [0.15, 0.2) is 0 Å². The summed E-state index contributed by atoms with van der Waals surface area (Å²) in [6.07, 6.45) is 9.10. The van der Waals surface area contributed by atoms with Crippen LogP contribution >= 0.6 is 15.9 Å². The molecule has 0 spiro atoms. The molecule has 0 aliphatic heterocycles. The zero-order valence-corrected chi connectivity index (χ0v) is 21.0. The van der Waals surface area contributed by atoms with Gasteiger partial charge in [-0.15, -0.1) is 0 Å². The van der Waals surface area contributed by atoms with Gasteiger partial charge in [0.1, 0.15) is 11.5 Å². The second-order valence-corrected chi connectivity index (χ2v) is 9.18. The fraction of sp³-hybridized carbons (Fsp3) is 0.345. The first-order valence-corrected chi connectivity index (χ1v) is 12.7. The lowest BCUT2D eigenvalue weighted by Gasteiger charge is -2.11. The number of ether oxygens (including phenoxy) is 2. The number of esters is 1. The molecule has 0 aliphatic rings. The molecule has 0 N–H and O–H groups in total. The Balaban J connectivity index is 1.49. The number of carbonyl (C=O) groups is 1. The van der Waals surface area contributed by atoms with Crippen LogP contribution in [0, 0.1) is 0 Å². The predicted molar refractivity (Wildman–Crippen MR) is 138 cm³/mol. The van der Waals surface area contributed by atoms with Crippen molar-refractivity contribution in [2.45, 2.75) is 58.3 Å². The molecule has 0 aromatic heterocycles. The van der Waals surface area contributed by atoms with E-state index in [1.807, 2.05) is 48.5 Å². The molecule has 0 fully saturated rings. The molecule has 0 amide bonds. The quantitative estimate of drug-likeness (QED) is 0.132. The van der Waals surface area contributed by atoms with Crippen molar-refractivity contribution in [1.29, 1.82) is 0 Å². The first kappa shape index (κ1) is 25.0. The van der Waals surface area contributed by atoms with E-state index in [2.05, 4.69) is 35.0 Å². The van der Waals surface area contributed by atoms with Crippen LogP contribution in [0.5, 0.6) is 11.5 Å². The van der Waals surface area contributed by atoms with Gasteiger partial charge in [0.05, 0.1) is 12.2 Å². The van der Waals surface area contributed by atoms with Gasteiger partial charge >= 0.3 is 5.97 Å². The highest BCUT2D eigenvalue weighted by Gasteiger charge is 2.12. The summed E-state index contributed by atoms with van der Waals surface area (Å²) in [6, 6.07) is 23.3. The predicted octanol–water partition coefficient (Wildman–Crippen LogP) is 8.19. The van der Waals surface area contributed by atoms with Gasteiger partial charge in [0, 0.05) is 4.47 Å². The smallest absolute Gasteiger partial charge is 0.343 e. The molecular weight excluding hydrogens is 476 g/mol. The molecule has 33 heavy (non-hydrogen) atoms. The third kappa shape index (κ3) is 8.70. The number of hydrogen-bond acceptors (Lipinski definition) is 3. The van der Waals surface area contributed by atoms with E-state index in [9.17, 15) is 4.79 Å². The maximum absolute atomic E-state index is 12.7. The fourth-order valence-corrected chi connectivity index (χ4v) is 3.92. The van der Waals surface area contributed by atoms with Crippen molar-refractivity contribution in [2.75, 3.05) is 6.61 Å². The molecule has 3 aromatic carbocycles. The Morgan fingerprint density at radius 3 is 2.24 bits per heavy atom. The van der Waals surface area contributed by atoms with Crippen molar-refractivity contribution in [2.24, 2.45) is 0 Å². The van der Waals surface area contributed by atoms with Crippen molar-refractivity contribution in [3.63, 3.8) is 0 Å². The fourth-order valence-electron chi connectivity index (χ4n) is 3.66. The lowest BCUT2D eigenvalue weighted by molar-refractivity contribution is 0.0733. The van der Waals surface area contributed by atoms with E-state index in [0.717, 1.165) is 35.0 Å². The maximum Gasteiger partial charge on any atom is 0.343 e. The molecule has 174 valence electrons. The van der Waals surface area contributed by atoms with Gasteiger partial charge in [-0.05, 0) is 72.9 Å². The van der Waals surface area contributed by atoms with E-state index >= 15 is 0 Å². The molecule has 0 bridgehead atoms. The van der Waals surface area contributed by atoms with Gasteiger partial charge in [-0.25, -0.2) is 4.79 Å². The average molecular weight is 509 g/mol. The number of benzene rings is 3. The number of hydrogen-bond donors (Lipinski definition) is 0. The third-order valence-corrected chi connectivity index (χ3v) is 6.16. The number of carbonyl (C=O) groups excluding carboxylic acids is 1. The molecular formula is C29H33BrO3. The summed E-state index contributed by atoms with van der Waals surface area (Å²) < 4.78 is 12.6. The minimum absolute atomic E-state index is 0.353. The van der Waals surface area contributed by atoms with Crippen LogP contribution in [0.15, 0.2) is 77.3 Å². The van der Waals surface area contributed by atoms with Gasteiger partial charge in [-0.1, -0.05) is 85.3 Å². The molecule has 0 aliphatic carbocycles. The van der Waals surface area contributed by atoms with Crippen LogP contribution in [0.3, 0.4) is 0 Å². The maximum atomic E-state index is 12.7. The monoisotopic (exact) mass is 508 g/mol. The van der Waals surface area contributed by atoms with E-state index in [4.69, 9.17) is 9.47 Å². The molecule has 3 aromatic rings. The van der Waals surface area contributed by atoms with E-state index in [-0.39, 0.29) is 5.97 Å². The van der Waals surface area contributed by atoms with Crippen LogP contribution in [-0.2, 0) is 12.8 Å². The minimum atomic E-state index is -0.353. The summed E-state index contributed by atoms with van der Waals surface area (Å²) in [5, 5.41) is 0. The SMILES string of the molecule is CCCCCCCCOc1ccc(C(=O)Oc2ccccc2CCc2ccc(Br)cc2)cc1. The molecule has 0 radical (unpaired) electrons. The van der Waals surface area contributed by atoms with E-state index in [1.54, 1.807) is 12.1 Å². The van der Waals surface area contributed by atoms with Crippen LogP contribution in [-0.4, -0.2) is 12.6 Å². The van der Waals surface area contributed by atoms with Crippen LogP contribution < -0.4 is 9.47 Å². The topological polar surface area (TPSA) is 35.5 Å². The van der Waals surface area contributed by atoms with Gasteiger partial charge in [-0.3, -0.25) is 0 Å². The van der Waals surface area contributed by atoms with E-state index in [1.165, 1.54) is 37.7 Å². The Kier molecular flexibility index (Phi) is 10.5. The van der Waals surface area contributed by atoms with Crippen molar-refractivity contribution >= 4 is 21.9 Å². The summed E-state index contributed by atoms with van der Waals surface area (Å²) >= 11 is 3.47. The van der Waals surface area contributed by atoms with Crippen LogP contribution in [0.25, 0.3) is 0 Å². The highest BCUT2D eigenvalue weighted by atomic mass is 79.9. The third-order valence-electron chi connectivity index (χ3n) is 5.63. The molecule has 4 heteroatoms. The number of para-hydroxylation sites is 1. The summed E-state index contributed by atoms with van der Waals surface area (Å²) in [5.74, 6) is 1.05. The average Bonchev–Trinajstić information content (AvgIpc) is 2.84. The zero-order chi connectivity index (χ0) is 23.3. The second kappa shape index (κ2) is 13.8. The normalized spacial score (nSPS) is 10.7. The summed E-state index contributed by atoms with van der Waals surface area (Å²) in [7, 11) is 0. The Bertz CT molecular complexity index is 981. The molecule has 3 nitrogen and oxygen atoms in total. The van der Waals surface area contributed by atoms with Crippen molar-refractivity contribution < 1.29 is 14.3 Å². The Morgan fingerprint density at radius 1 is 0.788 bits per heavy atom. The number of halogens is 1. The van der Waals surface area contributed by atoms with E-state index in [0.29, 0.717) is 17.9 Å². The number of unbranched alkanes of at least 4 members (excludes halogenated alkanes) is 5. The Hall–Kier alpha value is -2.59. The zero-order valence-electron chi connectivity index (χ0n) is 19.4. The minimum Gasteiger partial charge on any atom is -0.494 e. The van der Waals surface area contributed by atoms with Gasteiger partial charge < -0.3 is 9.47 Å². The molecule has 0 saturated carbocycles. The number of aryl methyl sites for hydroxylation is 2. The van der Waals surface area contributed by atoms with Crippen molar-refractivity contribution in [1.82, 2.24) is 0 Å². The van der Waals surface area contributed by atoms with Crippen LogP contribution in [0.1, 0.15) is 66.9 Å². The lowest BCUT2D eigenvalue weighted by atomic mass is 10.0. The molecule has 3 rings (SSSR count). The van der Waals surface area contributed by atoms with Gasteiger partial charge in [0.2, 0.25) is 0 Å². The van der Waals surface area contributed by atoms with Gasteiger partial charge in [-0.2, -0.15) is 0 Å². The Morgan fingerprint density at radius 2 is 1.48 bits per heavy atom. The highest BCUT2D eigenvalue weighted by Crippen LogP contribution is 2.23. The van der Waals surface area contributed by atoms with Crippen molar-refractivity contribution in [3.05, 3.63) is 94.0 Å². The first-order chi connectivity index (χ1) is 16.2. The van der Waals surface area contributed by atoms with Crippen LogP contribution in [0.4, 0.5) is 0 Å². The molecule has 0 atom stereocenters. The lowest BCUT2D eigenvalue weighted by Crippen LogP contribution is -2.10. The largest absolute Gasteiger partial charge is 0.494 e. The highest BCUT2D eigenvalue weighted by molar-refractivity contribution is 9.10. The van der Waals surface area contributed by atoms with Gasteiger partial charge in [0.25, 0.3) is 0 Å². The summed E-state index contributed by atoms with van der Waals surface area (Å²) in [6.45, 7) is 2.94. The van der Waals surface area contributed by atoms with E-state index < -0.39 is 0 Å². The first-order valence-electron chi connectivity index (χ1n) is 11.9. The Labute approximate surface area is 206 Å².